The monoisotopic (exact) mass is 249 g/mol. The lowest BCUT2D eigenvalue weighted by molar-refractivity contribution is -0.160. The maximum atomic E-state index is 11.9. The number of rotatable bonds is 4. The van der Waals surface area contributed by atoms with Crippen LogP contribution in [0.3, 0.4) is 0 Å². The van der Waals surface area contributed by atoms with E-state index in [2.05, 4.69) is 0 Å². The van der Waals surface area contributed by atoms with Gasteiger partial charge in [-0.3, -0.25) is 9.69 Å². The van der Waals surface area contributed by atoms with E-state index in [1.807, 2.05) is 18.2 Å². The van der Waals surface area contributed by atoms with Crippen LogP contribution in [-0.2, 0) is 19.1 Å². The van der Waals surface area contributed by atoms with Gasteiger partial charge in [0.15, 0.2) is 12.1 Å². The van der Waals surface area contributed by atoms with Crippen molar-refractivity contribution in [3.05, 3.63) is 30.3 Å². The molecule has 1 amide bonds. The summed E-state index contributed by atoms with van der Waals surface area (Å²) in [6.45, 7) is 2.01. The van der Waals surface area contributed by atoms with Gasteiger partial charge in [0, 0.05) is 12.8 Å². The summed E-state index contributed by atoms with van der Waals surface area (Å²) in [6, 6.07) is 8.33. The van der Waals surface area contributed by atoms with Gasteiger partial charge >= 0.3 is 5.97 Å². The molecule has 0 unspecified atom stereocenters. The smallest absolute Gasteiger partial charge is 0.332 e. The largest absolute Gasteiger partial charge is 0.464 e. The van der Waals surface area contributed by atoms with E-state index < -0.39 is 18.1 Å². The van der Waals surface area contributed by atoms with Gasteiger partial charge in [0.05, 0.1) is 6.61 Å². The second kappa shape index (κ2) is 5.18. The van der Waals surface area contributed by atoms with Crippen LogP contribution >= 0.6 is 0 Å². The highest BCUT2D eigenvalue weighted by atomic mass is 16.5. The Morgan fingerprint density at radius 3 is 2.56 bits per heavy atom. The normalized spacial score (nSPS) is 22.6. The second-order valence-electron chi connectivity index (χ2n) is 3.90. The number of nitrogens with zero attached hydrogens (tertiary/aromatic N) is 1. The Balaban J connectivity index is 2.24. The minimum absolute atomic E-state index is 0.221. The molecule has 1 fully saturated rings. The Kier molecular flexibility index (Phi) is 3.62. The number of hydrogen-bond acceptors (Lipinski definition) is 4. The molecular weight excluding hydrogens is 234 g/mol. The van der Waals surface area contributed by atoms with E-state index in [0.29, 0.717) is 5.69 Å². The Labute approximate surface area is 105 Å². The number of carbonyl (C=O) groups excluding carboxylic acids is 2. The first-order valence-electron chi connectivity index (χ1n) is 5.78. The van der Waals surface area contributed by atoms with E-state index in [9.17, 15) is 9.59 Å². The van der Waals surface area contributed by atoms with Crippen LogP contribution in [0, 0.1) is 0 Å². The molecule has 18 heavy (non-hydrogen) atoms. The van der Waals surface area contributed by atoms with Crippen LogP contribution in [0.1, 0.15) is 6.92 Å². The van der Waals surface area contributed by atoms with Crippen LogP contribution < -0.4 is 4.90 Å². The quantitative estimate of drug-likeness (QED) is 0.589. The molecule has 5 nitrogen and oxygen atoms in total. The molecule has 0 spiro atoms. The van der Waals surface area contributed by atoms with Crippen LogP contribution in [-0.4, -0.2) is 37.7 Å². The van der Waals surface area contributed by atoms with E-state index in [4.69, 9.17) is 9.47 Å². The molecule has 0 N–H and O–H groups in total. The number of benzene rings is 1. The van der Waals surface area contributed by atoms with Gasteiger partial charge in [-0.25, -0.2) is 4.79 Å². The van der Waals surface area contributed by atoms with E-state index in [1.54, 1.807) is 19.1 Å². The third kappa shape index (κ3) is 1.97. The zero-order valence-electron chi connectivity index (χ0n) is 10.3. The SMILES string of the molecule is CCOC(=O)[C@@H]1[C@@H](OC)C(=O)N1c1ccccc1. The Morgan fingerprint density at radius 2 is 2.00 bits per heavy atom. The van der Waals surface area contributed by atoms with Crippen LogP contribution in [0.4, 0.5) is 5.69 Å². The predicted molar refractivity (Wildman–Crippen MR) is 65.1 cm³/mol. The third-order valence-corrected chi connectivity index (χ3v) is 2.86. The lowest BCUT2D eigenvalue weighted by Gasteiger charge is -2.44. The van der Waals surface area contributed by atoms with E-state index in [-0.39, 0.29) is 12.5 Å². The van der Waals surface area contributed by atoms with Gasteiger partial charge in [0.25, 0.3) is 5.91 Å². The summed E-state index contributed by atoms with van der Waals surface area (Å²) in [5, 5.41) is 0. The van der Waals surface area contributed by atoms with Crippen molar-refractivity contribution in [2.75, 3.05) is 18.6 Å². The first-order valence-corrected chi connectivity index (χ1v) is 5.78. The van der Waals surface area contributed by atoms with Crippen LogP contribution in [0.2, 0.25) is 0 Å². The topological polar surface area (TPSA) is 55.8 Å². The van der Waals surface area contributed by atoms with E-state index >= 15 is 0 Å². The zero-order chi connectivity index (χ0) is 13.1. The highest BCUT2D eigenvalue weighted by molar-refractivity contribution is 6.12. The summed E-state index contributed by atoms with van der Waals surface area (Å²) in [6.07, 6.45) is -0.746. The van der Waals surface area contributed by atoms with Crippen molar-refractivity contribution in [3.8, 4) is 0 Å². The van der Waals surface area contributed by atoms with Crippen molar-refractivity contribution >= 4 is 17.6 Å². The Morgan fingerprint density at radius 1 is 1.33 bits per heavy atom. The highest BCUT2D eigenvalue weighted by Crippen LogP contribution is 2.30. The fourth-order valence-corrected chi connectivity index (χ4v) is 2.03. The van der Waals surface area contributed by atoms with Gasteiger partial charge < -0.3 is 9.47 Å². The first kappa shape index (κ1) is 12.6. The molecule has 0 aromatic heterocycles. The molecule has 1 saturated heterocycles. The van der Waals surface area contributed by atoms with Crippen molar-refractivity contribution in [1.29, 1.82) is 0 Å². The van der Waals surface area contributed by atoms with Gasteiger partial charge in [-0.1, -0.05) is 18.2 Å². The Bertz CT molecular complexity index is 446. The average molecular weight is 249 g/mol. The van der Waals surface area contributed by atoms with Gasteiger partial charge in [0.2, 0.25) is 0 Å². The molecule has 2 atom stereocenters. The Hall–Kier alpha value is -1.88. The summed E-state index contributed by atoms with van der Waals surface area (Å²) in [5.41, 5.74) is 0.675. The van der Waals surface area contributed by atoms with E-state index in [0.717, 1.165) is 0 Å². The maximum absolute atomic E-state index is 11.9. The van der Waals surface area contributed by atoms with Gasteiger partial charge in [-0.2, -0.15) is 0 Å². The van der Waals surface area contributed by atoms with Crippen molar-refractivity contribution in [3.63, 3.8) is 0 Å². The van der Waals surface area contributed by atoms with E-state index in [1.165, 1.54) is 12.0 Å². The molecule has 96 valence electrons. The van der Waals surface area contributed by atoms with Crippen molar-refractivity contribution in [1.82, 2.24) is 0 Å². The molecule has 1 aliphatic rings. The van der Waals surface area contributed by atoms with Gasteiger partial charge in [-0.15, -0.1) is 0 Å². The number of anilines is 1. The number of esters is 1. The van der Waals surface area contributed by atoms with Crippen molar-refractivity contribution in [2.24, 2.45) is 0 Å². The third-order valence-electron chi connectivity index (χ3n) is 2.86. The molecule has 1 aromatic rings. The number of hydrogen-bond donors (Lipinski definition) is 0. The van der Waals surface area contributed by atoms with Crippen LogP contribution in [0.25, 0.3) is 0 Å². The van der Waals surface area contributed by atoms with Crippen molar-refractivity contribution < 1.29 is 19.1 Å². The number of amides is 1. The molecule has 1 aromatic carbocycles. The van der Waals surface area contributed by atoms with Gasteiger partial charge in [-0.05, 0) is 19.1 Å². The molecule has 0 saturated carbocycles. The average Bonchev–Trinajstić information content (AvgIpc) is 2.38. The van der Waals surface area contributed by atoms with Crippen molar-refractivity contribution in [2.45, 2.75) is 19.1 Å². The van der Waals surface area contributed by atoms with Crippen LogP contribution in [0.15, 0.2) is 30.3 Å². The fourth-order valence-electron chi connectivity index (χ4n) is 2.03. The summed E-state index contributed by atoms with van der Waals surface area (Å²) in [7, 11) is 1.41. The fraction of sp³-hybridized carbons (Fsp3) is 0.385. The number of carbonyl (C=O) groups is 2. The summed E-state index contributed by atoms with van der Waals surface area (Å²) in [4.78, 5) is 25.1. The molecule has 0 aliphatic carbocycles. The minimum Gasteiger partial charge on any atom is -0.464 e. The number of β-lactam (4-membered cyclic amide) rings is 1. The summed E-state index contributed by atoms with van der Waals surface area (Å²) >= 11 is 0. The molecule has 0 radical (unpaired) electrons. The minimum atomic E-state index is -0.746. The summed E-state index contributed by atoms with van der Waals surface area (Å²) in [5.74, 6) is -0.658. The standard InChI is InChI=1S/C13H15NO4/c1-3-18-13(16)10-11(17-2)12(15)14(10)9-7-5-4-6-8-9/h4-8,10-11H,3H2,1-2H3/t10-,11+/m0/s1. The van der Waals surface area contributed by atoms with Gasteiger partial charge in [0.1, 0.15) is 0 Å². The maximum Gasteiger partial charge on any atom is 0.332 e. The molecule has 1 heterocycles. The first-order chi connectivity index (χ1) is 8.70. The number of para-hydroxylation sites is 1. The molecular formula is C13H15NO4. The molecule has 5 heteroatoms. The number of methoxy groups -OCH3 is 1. The lowest BCUT2D eigenvalue weighted by atomic mass is 9.96. The van der Waals surface area contributed by atoms with Crippen LogP contribution in [0.5, 0.6) is 0 Å². The highest BCUT2D eigenvalue weighted by Gasteiger charge is 2.53. The molecule has 0 bridgehead atoms. The molecule has 1 aliphatic heterocycles. The second-order valence-corrected chi connectivity index (χ2v) is 3.90. The summed E-state index contributed by atoms with van der Waals surface area (Å²) < 4.78 is 10.0. The number of ether oxygens (including phenoxy) is 2. The molecule has 2 rings (SSSR count). The zero-order valence-corrected chi connectivity index (χ0v) is 10.3. The lowest BCUT2D eigenvalue weighted by Crippen LogP contribution is -2.69. The predicted octanol–water partition coefficient (Wildman–Crippen LogP) is 0.980.